The number of ether oxygens (including phenoxy) is 2. The molecule has 2 aliphatic rings. The Morgan fingerprint density at radius 3 is 2.61 bits per heavy atom. The van der Waals surface area contributed by atoms with Crippen LogP contribution in [0.5, 0.6) is 0 Å². The van der Waals surface area contributed by atoms with E-state index in [1.54, 1.807) is 6.92 Å². The molecule has 1 aromatic rings. The number of aliphatic hydroxyl groups is 2. The molecule has 0 bridgehead atoms. The van der Waals surface area contributed by atoms with Gasteiger partial charge in [0.05, 0.1) is 32.0 Å². The van der Waals surface area contributed by atoms with E-state index in [0.717, 1.165) is 24.3 Å². The number of aliphatic hydroxyl groups excluding tert-OH is 2. The van der Waals surface area contributed by atoms with E-state index in [1.165, 1.54) is 0 Å². The van der Waals surface area contributed by atoms with Gasteiger partial charge in [-0.1, -0.05) is 12.1 Å². The summed E-state index contributed by atoms with van der Waals surface area (Å²) in [5.41, 5.74) is 2.46. The van der Waals surface area contributed by atoms with Crippen molar-refractivity contribution in [3.63, 3.8) is 0 Å². The minimum absolute atomic E-state index is 0.0292. The molecule has 152 valence electrons. The molecule has 4 atom stereocenters. The monoisotopic (exact) mass is 407 g/mol. The second-order valence-corrected chi connectivity index (χ2v) is 8.00. The number of nitrogens with zero attached hydrogens (tertiary/aromatic N) is 2. The number of hydrogen-bond acceptors (Lipinski definition) is 7. The van der Waals surface area contributed by atoms with Gasteiger partial charge in [-0.15, -0.1) is 0 Å². The summed E-state index contributed by atoms with van der Waals surface area (Å²) in [6.45, 7) is 4.85. The highest BCUT2D eigenvalue weighted by molar-refractivity contribution is 7.87. The van der Waals surface area contributed by atoms with E-state index in [-0.39, 0.29) is 17.9 Å². The van der Waals surface area contributed by atoms with Crippen LogP contribution in [0.4, 0.5) is 5.69 Å². The van der Waals surface area contributed by atoms with Gasteiger partial charge >= 0.3 is 0 Å². The number of anilines is 1. The van der Waals surface area contributed by atoms with Crippen LogP contribution < -0.4 is 9.62 Å². The average Bonchev–Trinajstić information content (AvgIpc) is 2.72. The van der Waals surface area contributed by atoms with E-state index in [2.05, 4.69) is 9.62 Å². The highest BCUT2D eigenvalue weighted by Gasteiger charge is 2.31. The maximum Gasteiger partial charge on any atom is 0.171 e. The molecular formula is C19H25N3O5S. The second-order valence-electron chi connectivity index (χ2n) is 6.82. The molecule has 9 heteroatoms. The molecule has 2 saturated heterocycles. The lowest BCUT2D eigenvalue weighted by atomic mass is 10.1. The van der Waals surface area contributed by atoms with Crippen LogP contribution in [0.15, 0.2) is 29.2 Å². The molecule has 0 aliphatic carbocycles. The number of nitrogens with one attached hydrogen (secondary N) is 1. The van der Waals surface area contributed by atoms with Crippen molar-refractivity contribution in [1.82, 2.24) is 4.72 Å². The van der Waals surface area contributed by atoms with E-state index in [4.69, 9.17) is 9.47 Å². The van der Waals surface area contributed by atoms with Gasteiger partial charge in [0.25, 0.3) is 0 Å². The lowest BCUT2D eigenvalue weighted by molar-refractivity contribution is -0.169. The van der Waals surface area contributed by atoms with E-state index in [9.17, 15) is 19.7 Å². The van der Waals surface area contributed by atoms with Gasteiger partial charge < -0.3 is 24.6 Å². The zero-order valence-electron chi connectivity index (χ0n) is 15.7. The first kappa shape index (κ1) is 20.9. The Kier molecular flexibility index (Phi) is 7.18. The topological polar surface area (TPSA) is 115 Å². The third-order valence-corrected chi connectivity index (χ3v) is 6.18. The number of rotatable bonds is 5. The van der Waals surface area contributed by atoms with E-state index >= 15 is 0 Å². The second kappa shape index (κ2) is 9.60. The van der Waals surface area contributed by atoms with E-state index < -0.39 is 29.4 Å². The Hall–Kier alpha value is -1.80. The molecule has 0 spiro atoms. The largest absolute Gasteiger partial charge is 0.391 e. The van der Waals surface area contributed by atoms with Crippen LogP contribution in [-0.4, -0.2) is 65.8 Å². The lowest BCUT2D eigenvalue weighted by Gasteiger charge is -2.31. The van der Waals surface area contributed by atoms with Gasteiger partial charge in [-0.3, -0.25) is 0 Å². The Bertz CT molecular complexity index is 771. The predicted octanol–water partition coefficient (Wildman–Crippen LogP) is 0.499. The van der Waals surface area contributed by atoms with Crippen molar-refractivity contribution >= 4 is 22.2 Å². The molecule has 0 saturated carbocycles. The summed E-state index contributed by atoms with van der Waals surface area (Å²) in [5.74, 6) is 0. The van der Waals surface area contributed by atoms with Crippen LogP contribution in [0.2, 0.25) is 0 Å². The smallest absolute Gasteiger partial charge is 0.171 e. The molecule has 2 aliphatic heterocycles. The highest BCUT2D eigenvalue weighted by Crippen LogP contribution is 2.24. The van der Waals surface area contributed by atoms with Crippen LogP contribution in [0, 0.1) is 11.3 Å². The normalized spacial score (nSPS) is 27.6. The summed E-state index contributed by atoms with van der Waals surface area (Å²) >= 11 is 0. The van der Waals surface area contributed by atoms with Crippen LogP contribution in [0.25, 0.3) is 5.57 Å². The Morgan fingerprint density at radius 1 is 1.29 bits per heavy atom. The Morgan fingerprint density at radius 2 is 1.96 bits per heavy atom. The highest BCUT2D eigenvalue weighted by atomic mass is 32.2. The third-order valence-electron chi connectivity index (χ3n) is 4.89. The van der Waals surface area contributed by atoms with Crippen molar-refractivity contribution in [1.29, 1.82) is 5.26 Å². The Balaban J connectivity index is 1.73. The number of morpholine rings is 1. The van der Waals surface area contributed by atoms with Crippen molar-refractivity contribution in [2.45, 2.75) is 31.8 Å². The third kappa shape index (κ3) is 4.97. The summed E-state index contributed by atoms with van der Waals surface area (Å²) in [5, 5.41) is 29.0. The van der Waals surface area contributed by atoms with E-state index in [1.807, 2.05) is 30.3 Å². The van der Waals surface area contributed by atoms with Gasteiger partial charge in [-0.05, 0) is 36.6 Å². The molecule has 28 heavy (non-hydrogen) atoms. The van der Waals surface area contributed by atoms with Gasteiger partial charge in [0.1, 0.15) is 22.0 Å². The van der Waals surface area contributed by atoms with Crippen molar-refractivity contribution < 1.29 is 23.9 Å². The van der Waals surface area contributed by atoms with Crippen molar-refractivity contribution in [3.8, 4) is 6.07 Å². The maximum atomic E-state index is 12.7. The molecule has 1 aromatic carbocycles. The van der Waals surface area contributed by atoms with Crippen molar-refractivity contribution in [3.05, 3.63) is 34.7 Å². The van der Waals surface area contributed by atoms with Gasteiger partial charge in [-0.25, -0.2) is 8.93 Å². The van der Waals surface area contributed by atoms with Gasteiger partial charge in [0.2, 0.25) is 0 Å². The molecule has 3 N–H and O–H groups in total. The number of hydrogen-bond donors (Lipinski definition) is 3. The van der Waals surface area contributed by atoms with Crippen molar-refractivity contribution in [2.24, 2.45) is 0 Å². The SMILES string of the molecule is C/C(=C(/C#N)S(=O)NC1CC(O)COC1O)c1ccc(N2CCOCC2)cc1. The van der Waals surface area contributed by atoms with Gasteiger partial charge in [0.15, 0.2) is 6.29 Å². The van der Waals surface area contributed by atoms with Crippen LogP contribution >= 0.6 is 0 Å². The summed E-state index contributed by atoms with van der Waals surface area (Å²) in [7, 11) is -1.84. The fraction of sp³-hybridized carbons (Fsp3) is 0.526. The Labute approximate surface area is 167 Å². The molecule has 4 unspecified atom stereocenters. The summed E-state index contributed by atoms with van der Waals surface area (Å²) in [6.07, 6.45) is -1.74. The summed E-state index contributed by atoms with van der Waals surface area (Å²) in [4.78, 5) is 2.30. The van der Waals surface area contributed by atoms with Gasteiger partial charge in [0, 0.05) is 18.8 Å². The molecule has 0 aromatic heterocycles. The minimum atomic E-state index is -1.84. The van der Waals surface area contributed by atoms with Crippen LogP contribution in [-0.2, 0) is 20.5 Å². The molecule has 0 radical (unpaired) electrons. The molecule has 2 heterocycles. The maximum absolute atomic E-state index is 12.7. The fourth-order valence-corrected chi connectivity index (χ4v) is 4.33. The molecule has 0 amide bonds. The zero-order chi connectivity index (χ0) is 20.1. The number of nitriles is 1. The standard InChI is InChI=1S/C19H25N3O5S/c1-13(14-2-4-15(5-3-14)22-6-8-26-9-7-22)18(11-20)28(25)21-17-10-16(23)12-27-19(17)24/h2-5,16-17,19,21,23-24H,6-10,12H2,1H3/b18-13+. The average molecular weight is 407 g/mol. The fourth-order valence-electron chi connectivity index (χ4n) is 3.25. The van der Waals surface area contributed by atoms with Crippen LogP contribution in [0.3, 0.4) is 0 Å². The van der Waals surface area contributed by atoms with Gasteiger partial charge in [-0.2, -0.15) is 5.26 Å². The first-order chi connectivity index (χ1) is 13.5. The van der Waals surface area contributed by atoms with Crippen LogP contribution in [0.1, 0.15) is 18.9 Å². The molecule has 8 nitrogen and oxygen atoms in total. The quantitative estimate of drug-likeness (QED) is 0.609. The summed E-state index contributed by atoms with van der Waals surface area (Å²) in [6, 6.07) is 9.03. The summed E-state index contributed by atoms with van der Waals surface area (Å²) < 4.78 is 25.8. The first-order valence-corrected chi connectivity index (χ1v) is 10.3. The molecule has 2 fully saturated rings. The number of allylic oxidation sites excluding steroid dienone is 2. The van der Waals surface area contributed by atoms with Crippen molar-refractivity contribution in [2.75, 3.05) is 37.8 Å². The zero-order valence-corrected chi connectivity index (χ0v) is 16.5. The lowest BCUT2D eigenvalue weighted by Crippen LogP contribution is -2.49. The number of benzene rings is 1. The first-order valence-electron chi connectivity index (χ1n) is 9.19. The van der Waals surface area contributed by atoms with E-state index in [0.29, 0.717) is 18.8 Å². The molecular weight excluding hydrogens is 382 g/mol. The molecule has 3 rings (SSSR count). The predicted molar refractivity (Wildman–Crippen MR) is 105 cm³/mol. The minimum Gasteiger partial charge on any atom is -0.391 e.